The lowest BCUT2D eigenvalue weighted by atomic mass is 10.1. The van der Waals surface area contributed by atoms with Crippen molar-refractivity contribution in [2.45, 2.75) is 96.3 Å². The zero-order chi connectivity index (χ0) is 55.1. The van der Waals surface area contributed by atoms with Gasteiger partial charge in [0.1, 0.15) is 12.1 Å². The normalized spacial score (nSPS) is 10.1. The van der Waals surface area contributed by atoms with E-state index >= 15 is 0 Å². The van der Waals surface area contributed by atoms with Crippen LogP contribution in [0.25, 0.3) is 22.5 Å². The Kier molecular flexibility index (Phi) is 40.4. The number of hydrogen-bond acceptors (Lipinski definition) is 14. The molecule has 0 spiro atoms. The average molecular weight is 1180 g/mol. The Morgan fingerprint density at radius 3 is 1.36 bits per heavy atom. The highest BCUT2D eigenvalue weighted by atomic mass is 35.7. The number of halogens is 1. The molecule has 0 fully saturated rings. The summed E-state index contributed by atoms with van der Waals surface area (Å²) >= 11 is 9.18. The molecule has 0 atom stereocenters. The van der Waals surface area contributed by atoms with Crippen LogP contribution in [0.15, 0.2) is 149 Å². The number of aromatic nitrogens is 2. The van der Waals surface area contributed by atoms with Crippen LogP contribution in [0.1, 0.15) is 86.6 Å². The van der Waals surface area contributed by atoms with Crippen molar-refractivity contribution in [2.75, 3.05) is 44.5 Å². The van der Waals surface area contributed by atoms with E-state index in [2.05, 4.69) is 113 Å². The molecule has 0 aliphatic heterocycles. The van der Waals surface area contributed by atoms with Gasteiger partial charge in [0.25, 0.3) is 10.1 Å². The Bertz CT molecular complexity index is 2840. The van der Waals surface area contributed by atoms with E-state index in [4.69, 9.17) is 9.29 Å². The minimum Gasteiger partial charge on any atom is -0.395 e. The van der Waals surface area contributed by atoms with Gasteiger partial charge in [0, 0.05) is 91.0 Å². The first-order valence-corrected chi connectivity index (χ1v) is 31.2. The standard InChI is InChI=1S/C15H19NO3S2.C14H17NOS.C12H14O2S.C8H8OS.C4H6O.CH3ClO2S.3CH4/c1-12-4-9-15(13-5-7-14(20-2)8-6-13)16(12)10-11-19-21(3,17)18;1-11-3-8-14(15(11)9-10-16)12-4-6-13(17-2)7-5-12;1-9(13)3-8-12(14)10-4-6-11(15-2)7-5-10;9-5-7-1-3-8(6-10)4-2-7;1-3-4(2)5;1-5(2,3)4;;;/h4-9H,10-11H2,1-3H3;3-8,16H,9-10H2,1-2H3;4-7H,3,8H2,1-2H3;1-5,10H,6H2;3H,1H2,2H3;1H3;3*1H4. The number of carbonyl (C=O) groups excluding carboxylic acids is 4. The zero-order valence-corrected chi connectivity index (χ0v) is 48.5. The van der Waals surface area contributed by atoms with Crippen molar-refractivity contribution >= 4 is 101 Å². The third-order valence-electron chi connectivity index (χ3n) is 9.81. The Balaban J connectivity index is -0.000000887. The topological polar surface area (TPSA) is 176 Å². The molecule has 6 aromatic rings. The molecule has 2 aromatic heterocycles. The number of rotatable bonds is 18. The van der Waals surface area contributed by atoms with Crippen LogP contribution in [0.4, 0.5) is 0 Å². The number of hydrogen-bond donors (Lipinski definition) is 2. The first-order valence-electron chi connectivity index (χ1n) is 22.3. The molecule has 76 heavy (non-hydrogen) atoms. The van der Waals surface area contributed by atoms with Crippen LogP contribution in [0, 0.1) is 13.8 Å². The second-order valence-electron chi connectivity index (χ2n) is 15.6. The molecule has 0 aliphatic rings. The van der Waals surface area contributed by atoms with Crippen molar-refractivity contribution in [3.05, 3.63) is 162 Å². The van der Waals surface area contributed by atoms with Crippen molar-refractivity contribution in [2.24, 2.45) is 0 Å². The number of Topliss-reactive ketones (excluding diaryl/α,β-unsaturated/α-hetero) is 2. The van der Waals surface area contributed by atoms with E-state index in [0.29, 0.717) is 37.1 Å². The molecule has 0 unspecified atom stereocenters. The van der Waals surface area contributed by atoms with Crippen molar-refractivity contribution < 1.29 is 45.3 Å². The number of benzene rings is 4. The van der Waals surface area contributed by atoms with Gasteiger partial charge >= 0.3 is 0 Å². The lowest BCUT2D eigenvalue weighted by Crippen LogP contribution is -2.12. The molecule has 0 saturated carbocycles. The van der Waals surface area contributed by atoms with Gasteiger partial charge in [0.15, 0.2) is 11.6 Å². The van der Waals surface area contributed by atoms with Crippen LogP contribution in [-0.2, 0) is 51.8 Å². The van der Waals surface area contributed by atoms with E-state index < -0.39 is 19.2 Å². The van der Waals surface area contributed by atoms with Gasteiger partial charge in [-0.05, 0) is 130 Å². The molecule has 4 aromatic carbocycles. The number of thiol groups is 1. The third-order valence-corrected chi connectivity index (χ3v) is 13.0. The highest BCUT2D eigenvalue weighted by Crippen LogP contribution is 2.27. The fraction of sp³-hybridized carbons (Fsp3) is 0.333. The summed E-state index contributed by atoms with van der Waals surface area (Å²) in [5.74, 6) is 0.839. The van der Waals surface area contributed by atoms with Crippen LogP contribution < -0.4 is 0 Å². The van der Waals surface area contributed by atoms with Gasteiger partial charge in [-0.2, -0.15) is 21.0 Å². The van der Waals surface area contributed by atoms with Gasteiger partial charge in [-0.3, -0.25) is 18.6 Å². The smallest absolute Gasteiger partial charge is 0.264 e. The summed E-state index contributed by atoms with van der Waals surface area (Å²) in [7, 11) is -2.08. The van der Waals surface area contributed by atoms with Gasteiger partial charge < -0.3 is 19.0 Å². The molecular weight excluding hydrogens is 1100 g/mol. The van der Waals surface area contributed by atoms with E-state index in [1.165, 1.54) is 46.7 Å². The number of aliphatic hydroxyl groups is 1. The molecule has 6 rings (SSSR count). The number of aldehydes is 1. The molecule has 0 saturated heterocycles. The van der Waals surface area contributed by atoms with Crippen LogP contribution in [0.5, 0.6) is 0 Å². The summed E-state index contributed by atoms with van der Waals surface area (Å²) in [5.41, 5.74) is 9.35. The lowest BCUT2D eigenvalue weighted by molar-refractivity contribution is -0.117. The Morgan fingerprint density at radius 2 is 1.04 bits per heavy atom. The van der Waals surface area contributed by atoms with Crippen LogP contribution in [-0.4, -0.2) is 99.2 Å². The van der Waals surface area contributed by atoms with Gasteiger partial charge in [0.05, 0.1) is 25.7 Å². The maximum Gasteiger partial charge on any atom is 0.264 e. The molecule has 0 aliphatic carbocycles. The lowest BCUT2D eigenvalue weighted by Gasteiger charge is -2.12. The third kappa shape index (κ3) is 32.2. The van der Waals surface area contributed by atoms with E-state index in [1.807, 2.05) is 68.0 Å². The Labute approximate surface area is 477 Å². The number of carbonyl (C=O) groups is 4. The van der Waals surface area contributed by atoms with Crippen molar-refractivity contribution in [1.82, 2.24) is 9.13 Å². The summed E-state index contributed by atoms with van der Waals surface area (Å²) in [4.78, 5) is 45.8. The SMILES string of the molecule is C.C.C.C=CC(C)=O.CS(=O)(=O)Cl.CSc1ccc(-c2ccc(C)n2CCO)cc1.CSc1ccc(-c2ccc(C)n2CCOS(C)(=O)=O)cc1.CSc1ccc(C(=O)CCC(C)=O)cc1.O=Cc1ccc(CS)cc1. The second-order valence-corrected chi connectivity index (χ2v) is 23.2. The van der Waals surface area contributed by atoms with Crippen molar-refractivity contribution in [1.29, 1.82) is 0 Å². The predicted molar refractivity (Wildman–Crippen MR) is 329 cm³/mol. The van der Waals surface area contributed by atoms with E-state index in [-0.39, 0.29) is 52.8 Å². The van der Waals surface area contributed by atoms with Gasteiger partial charge in [-0.1, -0.05) is 89.5 Å². The van der Waals surface area contributed by atoms with Gasteiger partial charge in [-0.15, -0.1) is 35.3 Å². The van der Waals surface area contributed by atoms with Gasteiger partial charge in [-0.25, -0.2) is 8.42 Å². The van der Waals surface area contributed by atoms with Crippen molar-refractivity contribution in [3.8, 4) is 22.5 Å². The predicted octanol–water partition coefficient (Wildman–Crippen LogP) is 14.1. The average Bonchev–Trinajstić information content (AvgIpc) is 3.93. The van der Waals surface area contributed by atoms with E-state index in [0.717, 1.165) is 52.0 Å². The number of ketones is 3. The van der Waals surface area contributed by atoms with Crippen molar-refractivity contribution in [3.63, 3.8) is 0 Å². The fourth-order valence-electron chi connectivity index (χ4n) is 6.05. The fourth-order valence-corrected chi connectivity index (χ4v) is 7.87. The van der Waals surface area contributed by atoms with Gasteiger partial charge in [0.2, 0.25) is 9.05 Å². The molecule has 1 N–H and O–H groups in total. The quantitative estimate of drug-likeness (QED) is 0.0158. The first-order chi connectivity index (χ1) is 34.4. The second kappa shape index (κ2) is 40.6. The zero-order valence-electron chi connectivity index (χ0n) is 42.7. The molecule has 0 radical (unpaired) electrons. The number of aryl methyl sites for hydroxylation is 2. The molecule has 12 nitrogen and oxygen atoms in total. The summed E-state index contributed by atoms with van der Waals surface area (Å²) in [6.07, 6.45) is 10.9. The molecule has 2 heterocycles. The summed E-state index contributed by atoms with van der Waals surface area (Å²) < 4.78 is 49.9. The molecule has 19 heteroatoms. The Morgan fingerprint density at radius 1 is 0.658 bits per heavy atom. The first kappa shape index (κ1) is 75.6. The summed E-state index contributed by atoms with van der Waals surface area (Å²) in [5, 5.41) is 9.09. The van der Waals surface area contributed by atoms with Crippen LogP contribution in [0.2, 0.25) is 0 Å². The minimum atomic E-state index is -3.39. The molecule has 420 valence electrons. The maximum atomic E-state index is 11.6. The summed E-state index contributed by atoms with van der Waals surface area (Å²) in [6, 6.07) is 40.0. The highest BCUT2D eigenvalue weighted by molar-refractivity contribution is 8.13. The van der Waals surface area contributed by atoms with Crippen LogP contribution >= 0.6 is 58.6 Å². The van der Waals surface area contributed by atoms with E-state index in [9.17, 15) is 36.0 Å². The number of thioether (sulfide) groups is 3. The molecule has 0 amide bonds. The van der Waals surface area contributed by atoms with Crippen LogP contribution in [0.3, 0.4) is 0 Å². The molecule has 0 bridgehead atoms. The highest BCUT2D eigenvalue weighted by Gasteiger charge is 2.11. The number of nitrogens with zero attached hydrogens (tertiary/aromatic N) is 2. The van der Waals surface area contributed by atoms with E-state index in [1.54, 1.807) is 47.4 Å². The number of aliphatic hydroxyl groups excluding tert-OH is 1. The largest absolute Gasteiger partial charge is 0.395 e. The molecular formula is C57H79ClN2O10S6. The number of allylic oxidation sites excluding steroid dienone is 1. The monoisotopic (exact) mass is 1180 g/mol. The maximum absolute atomic E-state index is 11.6. The minimum absolute atomic E-state index is 0. The Hall–Kier alpha value is -4.63. The summed E-state index contributed by atoms with van der Waals surface area (Å²) in [6.45, 7) is 11.7.